The normalized spacial score (nSPS) is 24.4. The summed E-state index contributed by atoms with van der Waals surface area (Å²) in [7, 11) is 1.35. The molecule has 0 aliphatic carbocycles. The second-order valence-electron chi connectivity index (χ2n) is 5.55. The minimum absolute atomic E-state index is 0.0482. The summed E-state index contributed by atoms with van der Waals surface area (Å²) >= 11 is 0. The van der Waals surface area contributed by atoms with Crippen molar-refractivity contribution in [2.24, 2.45) is 5.41 Å². The van der Waals surface area contributed by atoms with Gasteiger partial charge >= 0.3 is 5.97 Å². The third kappa shape index (κ3) is 3.16. The van der Waals surface area contributed by atoms with Crippen LogP contribution in [-0.4, -0.2) is 42.8 Å². The lowest BCUT2D eigenvalue weighted by Gasteiger charge is -2.39. The van der Waals surface area contributed by atoms with E-state index in [0.717, 1.165) is 31.5 Å². The maximum atomic E-state index is 11.5. The number of piperidine rings is 1. The lowest BCUT2D eigenvalue weighted by Crippen LogP contribution is -2.43. The van der Waals surface area contributed by atoms with Gasteiger partial charge in [-0.1, -0.05) is 6.92 Å². The molecule has 1 saturated heterocycles. The molecule has 2 heterocycles. The van der Waals surface area contributed by atoms with Crippen molar-refractivity contribution in [1.82, 2.24) is 4.90 Å². The Kier molecular flexibility index (Phi) is 4.27. The molecular weight excluding hydrogens is 246 g/mol. The first-order valence-corrected chi connectivity index (χ1v) is 6.56. The van der Waals surface area contributed by atoms with Crippen molar-refractivity contribution in [2.45, 2.75) is 26.3 Å². The fraction of sp³-hybridized carbons (Fsp3) is 0.643. The van der Waals surface area contributed by atoms with Gasteiger partial charge in [0.1, 0.15) is 0 Å². The van der Waals surface area contributed by atoms with Crippen molar-refractivity contribution < 1.29 is 19.1 Å². The van der Waals surface area contributed by atoms with Crippen LogP contribution < -0.4 is 0 Å². The van der Waals surface area contributed by atoms with Crippen LogP contribution >= 0.6 is 0 Å². The molecule has 1 unspecified atom stereocenters. The van der Waals surface area contributed by atoms with Crippen molar-refractivity contribution in [3.63, 3.8) is 0 Å². The number of nitrogens with zero attached hydrogens (tertiary/aromatic N) is 1. The number of hydrogen-bond acceptors (Lipinski definition) is 5. The van der Waals surface area contributed by atoms with E-state index in [0.29, 0.717) is 6.54 Å². The molecule has 19 heavy (non-hydrogen) atoms. The second kappa shape index (κ2) is 5.75. The van der Waals surface area contributed by atoms with E-state index >= 15 is 0 Å². The van der Waals surface area contributed by atoms with Crippen molar-refractivity contribution in [1.29, 1.82) is 0 Å². The molecule has 2 rings (SSSR count). The first-order chi connectivity index (χ1) is 9.08. The maximum Gasteiger partial charge on any atom is 0.374 e. The summed E-state index contributed by atoms with van der Waals surface area (Å²) in [6.45, 7) is 4.74. The molecule has 1 atom stereocenters. The number of rotatable bonds is 4. The van der Waals surface area contributed by atoms with Crippen molar-refractivity contribution in [3.05, 3.63) is 23.7 Å². The number of esters is 1. The number of methoxy groups -OCH3 is 1. The molecule has 1 N–H and O–H groups in total. The number of likely N-dealkylation sites (tertiary alicyclic amines) is 1. The molecule has 1 aliphatic rings. The molecule has 0 radical (unpaired) electrons. The minimum atomic E-state index is -0.443. The van der Waals surface area contributed by atoms with Gasteiger partial charge in [-0.2, -0.15) is 0 Å². The molecule has 1 aromatic rings. The summed E-state index contributed by atoms with van der Waals surface area (Å²) < 4.78 is 9.88. The first-order valence-electron chi connectivity index (χ1n) is 6.56. The van der Waals surface area contributed by atoms with E-state index in [1.165, 1.54) is 13.4 Å². The van der Waals surface area contributed by atoms with E-state index in [-0.39, 0.29) is 17.8 Å². The van der Waals surface area contributed by atoms with Crippen LogP contribution in [0.3, 0.4) is 0 Å². The molecule has 5 nitrogen and oxygen atoms in total. The number of ether oxygens (including phenoxy) is 1. The van der Waals surface area contributed by atoms with Gasteiger partial charge in [-0.25, -0.2) is 4.79 Å². The molecule has 0 saturated carbocycles. The lowest BCUT2D eigenvalue weighted by atomic mass is 9.82. The van der Waals surface area contributed by atoms with E-state index in [9.17, 15) is 9.90 Å². The van der Waals surface area contributed by atoms with Crippen LogP contribution in [-0.2, 0) is 11.3 Å². The van der Waals surface area contributed by atoms with Gasteiger partial charge in [-0.15, -0.1) is 0 Å². The molecular formula is C14H21NO4. The Bertz CT molecular complexity index is 442. The standard InChI is InChI=1S/C14H21NO4/c1-14(10-16)5-3-6-15(9-14)8-11-4-7-19-12(11)13(17)18-2/h4,7,16H,3,5-6,8-10H2,1-2H3. The molecule has 0 bridgehead atoms. The van der Waals surface area contributed by atoms with Gasteiger partial charge < -0.3 is 14.3 Å². The molecule has 106 valence electrons. The summed E-state index contributed by atoms with van der Waals surface area (Å²) in [4.78, 5) is 13.8. The third-order valence-corrected chi connectivity index (χ3v) is 3.75. The number of aliphatic hydroxyl groups excluding tert-OH is 1. The Hall–Kier alpha value is -1.33. The van der Waals surface area contributed by atoms with E-state index in [4.69, 9.17) is 9.15 Å². The predicted molar refractivity (Wildman–Crippen MR) is 69.8 cm³/mol. The highest BCUT2D eigenvalue weighted by Gasteiger charge is 2.31. The summed E-state index contributed by atoms with van der Waals surface area (Å²) in [6, 6.07) is 1.80. The quantitative estimate of drug-likeness (QED) is 0.841. The molecule has 0 aromatic carbocycles. The smallest absolute Gasteiger partial charge is 0.374 e. The molecule has 0 amide bonds. The Morgan fingerprint density at radius 2 is 2.42 bits per heavy atom. The zero-order valence-corrected chi connectivity index (χ0v) is 11.5. The molecule has 0 spiro atoms. The highest BCUT2D eigenvalue weighted by Crippen LogP contribution is 2.30. The number of aliphatic hydroxyl groups is 1. The number of furan rings is 1. The number of carbonyl (C=O) groups is 1. The first kappa shape index (κ1) is 14.1. The summed E-state index contributed by atoms with van der Waals surface area (Å²) in [6.07, 6.45) is 3.61. The Labute approximate surface area is 113 Å². The maximum absolute atomic E-state index is 11.5. The Balaban J connectivity index is 2.05. The van der Waals surface area contributed by atoms with Gasteiger partial charge in [0.25, 0.3) is 0 Å². The fourth-order valence-corrected chi connectivity index (χ4v) is 2.66. The fourth-order valence-electron chi connectivity index (χ4n) is 2.66. The zero-order chi connectivity index (χ0) is 13.9. The largest absolute Gasteiger partial charge is 0.463 e. The van der Waals surface area contributed by atoms with E-state index in [1.807, 2.05) is 0 Å². The van der Waals surface area contributed by atoms with Gasteiger partial charge in [0.15, 0.2) is 0 Å². The zero-order valence-electron chi connectivity index (χ0n) is 11.5. The van der Waals surface area contributed by atoms with E-state index < -0.39 is 5.97 Å². The van der Waals surface area contributed by atoms with Crippen LogP contribution in [0.15, 0.2) is 16.7 Å². The lowest BCUT2D eigenvalue weighted by molar-refractivity contribution is 0.0418. The average Bonchev–Trinajstić information content (AvgIpc) is 2.86. The summed E-state index contributed by atoms with van der Waals surface area (Å²) in [5.74, 6) is -0.166. The van der Waals surface area contributed by atoms with Crippen LogP contribution in [0.1, 0.15) is 35.9 Å². The van der Waals surface area contributed by atoms with Crippen LogP contribution in [0.4, 0.5) is 0 Å². The van der Waals surface area contributed by atoms with E-state index in [1.54, 1.807) is 6.07 Å². The second-order valence-corrected chi connectivity index (χ2v) is 5.55. The molecule has 1 aromatic heterocycles. The molecule has 1 fully saturated rings. The topological polar surface area (TPSA) is 62.9 Å². The number of carbonyl (C=O) groups excluding carboxylic acids is 1. The van der Waals surface area contributed by atoms with Gasteiger partial charge in [0, 0.05) is 30.7 Å². The monoisotopic (exact) mass is 267 g/mol. The van der Waals surface area contributed by atoms with Crippen molar-refractivity contribution >= 4 is 5.97 Å². The van der Waals surface area contributed by atoms with Crippen LogP contribution in [0.5, 0.6) is 0 Å². The van der Waals surface area contributed by atoms with Gasteiger partial charge in [-0.3, -0.25) is 4.90 Å². The molecule has 1 aliphatic heterocycles. The van der Waals surface area contributed by atoms with Gasteiger partial charge in [-0.05, 0) is 25.5 Å². The highest BCUT2D eigenvalue weighted by atomic mass is 16.5. The van der Waals surface area contributed by atoms with E-state index in [2.05, 4.69) is 11.8 Å². The van der Waals surface area contributed by atoms with Gasteiger partial charge in [0.2, 0.25) is 5.76 Å². The Morgan fingerprint density at radius 3 is 3.11 bits per heavy atom. The number of hydrogen-bond donors (Lipinski definition) is 1. The summed E-state index contributed by atoms with van der Waals surface area (Å²) in [5, 5.41) is 9.46. The predicted octanol–water partition coefficient (Wildman–Crippen LogP) is 1.66. The van der Waals surface area contributed by atoms with Crippen LogP contribution in [0.2, 0.25) is 0 Å². The average molecular weight is 267 g/mol. The van der Waals surface area contributed by atoms with Gasteiger partial charge in [0.05, 0.1) is 13.4 Å². The van der Waals surface area contributed by atoms with Crippen LogP contribution in [0.25, 0.3) is 0 Å². The molecule has 5 heteroatoms. The Morgan fingerprint density at radius 1 is 1.63 bits per heavy atom. The minimum Gasteiger partial charge on any atom is -0.463 e. The SMILES string of the molecule is COC(=O)c1occc1CN1CCCC(C)(CO)C1. The van der Waals surface area contributed by atoms with Crippen LogP contribution in [0, 0.1) is 5.41 Å². The van der Waals surface area contributed by atoms with Crippen molar-refractivity contribution in [3.8, 4) is 0 Å². The highest BCUT2D eigenvalue weighted by molar-refractivity contribution is 5.87. The summed E-state index contributed by atoms with van der Waals surface area (Å²) in [5.41, 5.74) is 0.794. The van der Waals surface area contributed by atoms with Crippen molar-refractivity contribution in [2.75, 3.05) is 26.8 Å². The third-order valence-electron chi connectivity index (χ3n) is 3.75.